The van der Waals surface area contributed by atoms with E-state index in [4.69, 9.17) is 0 Å². The minimum Gasteiger partial charge on any atom is -0.508 e. The van der Waals surface area contributed by atoms with Crippen LogP contribution in [0, 0.1) is 5.92 Å². The third-order valence-corrected chi connectivity index (χ3v) is 3.72. The van der Waals surface area contributed by atoms with Gasteiger partial charge in [0.15, 0.2) is 0 Å². The van der Waals surface area contributed by atoms with Crippen LogP contribution in [0.5, 0.6) is 5.75 Å². The van der Waals surface area contributed by atoms with Gasteiger partial charge in [-0.25, -0.2) is 0 Å². The highest BCUT2D eigenvalue weighted by atomic mass is 79.9. The quantitative estimate of drug-likeness (QED) is 0.669. The fraction of sp³-hybridized carbons (Fsp3) is 0.562. The summed E-state index contributed by atoms with van der Waals surface area (Å²) in [6.07, 6.45) is 1.29. The van der Waals surface area contributed by atoms with Gasteiger partial charge in [-0.05, 0) is 30.5 Å². The molecule has 1 aromatic carbocycles. The van der Waals surface area contributed by atoms with Gasteiger partial charge in [0.2, 0.25) is 5.91 Å². The van der Waals surface area contributed by atoms with E-state index in [0.717, 1.165) is 16.5 Å². The average molecular weight is 357 g/mol. The zero-order valence-corrected chi connectivity index (χ0v) is 14.5. The molecule has 1 unspecified atom stereocenters. The molecule has 0 radical (unpaired) electrons. The van der Waals surface area contributed by atoms with Gasteiger partial charge in [-0.15, -0.1) is 0 Å². The number of nitrogens with one attached hydrogen (secondary N) is 2. The van der Waals surface area contributed by atoms with Crippen molar-refractivity contribution in [3.8, 4) is 5.75 Å². The molecule has 3 N–H and O–H groups in total. The molecule has 118 valence electrons. The van der Waals surface area contributed by atoms with Gasteiger partial charge in [0, 0.05) is 35.6 Å². The van der Waals surface area contributed by atoms with Crippen molar-refractivity contribution in [3.05, 3.63) is 28.2 Å². The summed E-state index contributed by atoms with van der Waals surface area (Å²) in [5.41, 5.74) is 0.856. The molecular formula is C16H25BrN2O2. The van der Waals surface area contributed by atoms with Crippen molar-refractivity contribution >= 4 is 21.8 Å². The second-order valence-electron chi connectivity index (χ2n) is 5.57. The Balaban J connectivity index is 2.48. The van der Waals surface area contributed by atoms with Gasteiger partial charge in [0.05, 0.1) is 0 Å². The first-order valence-corrected chi connectivity index (χ1v) is 8.21. The Hall–Kier alpha value is -1.07. The first kappa shape index (κ1) is 18.0. The van der Waals surface area contributed by atoms with Crippen LogP contribution in [-0.2, 0) is 4.79 Å². The molecule has 0 spiro atoms. The maximum Gasteiger partial charge on any atom is 0.221 e. The van der Waals surface area contributed by atoms with Crippen LogP contribution in [-0.4, -0.2) is 24.1 Å². The first-order chi connectivity index (χ1) is 9.93. The third-order valence-electron chi connectivity index (χ3n) is 3.22. The smallest absolute Gasteiger partial charge is 0.221 e. The molecule has 5 heteroatoms. The van der Waals surface area contributed by atoms with Gasteiger partial charge in [0.25, 0.3) is 0 Å². The number of hydrogen-bond donors (Lipinski definition) is 3. The van der Waals surface area contributed by atoms with Crippen molar-refractivity contribution in [2.75, 3.05) is 13.1 Å². The van der Waals surface area contributed by atoms with Crippen LogP contribution in [0.1, 0.15) is 45.2 Å². The van der Waals surface area contributed by atoms with Gasteiger partial charge in [0.1, 0.15) is 5.75 Å². The molecule has 0 saturated carbocycles. The van der Waals surface area contributed by atoms with Crippen LogP contribution in [0.25, 0.3) is 0 Å². The maximum atomic E-state index is 11.7. The number of phenols is 1. The fourth-order valence-electron chi connectivity index (χ4n) is 2.04. The van der Waals surface area contributed by atoms with Gasteiger partial charge in [-0.2, -0.15) is 0 Å². The number of hydrogen-bond acceptors (Lipinski definition) is 3. The number of phenolic OH excluding ortho intramolecular Hbond substituents is 1. The van der Waals surface area contributed by atoms with E-state index in [9.17, 15) is 9.90 Å². The van der Waals surface area contributed by atoms with Crippen LogP contribution < -0.4 is 10.6 Å². The molecule has 1 aromatic rings. The Morgan fingerprint density at radius 1 is 1.38 bits per heavy atom. The van der Waals surface area contributed by atoms with Gasteiger partial charge in [-0.1, -0.05) is 36.7 Å². The number of carbonyl (C=O) groups excluding carboxylic acids is 1. The minimum absolute atomic E-state index is 0.0420. The molecule has 0 aliphatic carbocycles. The Bertz CT molecular complexity index is 464. The van der Waals surface area contributed by atoms with Crippen LogP contribution in [0.2, 0.25) is 0 Å². The molecule has 0 fully saturated rings. The van der Waals surface area contributed by atoms with E-state index in [1.807, 2.05) is 12.1 Å². The van der Waals surface area contributed by atoms with Crippen LogP contribution in [0.4, 0.5) is 0 Å². The lowest BCUT2D eigenvalue weighted by atomic mass is 10.0. The topological polar surface area (TPSA) is 61.4 Å². The second kappa shape index (κ2) is 9.05. The lowest BCUT2D eigenvalue weighted by Crippen LogP contribution is -2.31. The summed E-state index contributed by atoms with van der Waals surface area (Å²) in [6, 6.07) is 5.44. The van der Waals surface area contributed by atoms with Crippen molar-refractivity contribution in [2.45, 2.75) is 39.7 Å². The summed E-state index contributed by atoms with van der Waals surface area (Å²) in [4.78, 5) is 11.7. The predicted molar refractivity (Wildman–Crippen MR) is 89.3 cm³/mol. The van der Waals surface area contributed by atoms with E-state index in [1.54, 1.807) is 6.07 Å². The number of benzene rings is 1. The Kier molecular flexibility index (Phi) is 7.75. The standard InChI is InChI=1S/C16H25BrN2O2/c1-4-14(13-9-12(17)5-6-15(13)20)18-8-7-16(21)19-10-11(2)3/h5-6,9,11,14,18,20H,4,7-8,10H2,1-3H3,(H,19,21). The molecule has 0 saturated heterocycles. The molecule has 0 aromatic heterocycles. The van der Waals surface area contributed by atoms with Crippen molar-refractivity contribution in [1.82, 2.24) is 10.6 Å². The summed E-state index contributed by atoms with van der Waals surface area (Å²) >= 11 is 3.42. The highest BCUT2D eigenvalue weighted by Crippen LogP contribution is 2.29. The highest BCUT2D eigenvalue weighted by molar-refractivity contribution is 9.10. The first-order valence-electron chi connectivity index (χ1n) is 7.42. The van der Waals surface area contributed by atoms with Crippen molar-refractivity contribution in [2.24, 2.45) is 5.92 Å². The zero-order valence-electron chi connectivity index (χ0n) is 12.9. The fourth-order valence-corrected chi connectivity index (χ4v) is 2.42. The molecule has 1 amide bonds. The summed E-state index contributed by atoms with van der Waals surface area (Å²) < 4.78 is 0.935. The summed E-state index contributed by atoms with van der Waals surface area (Å²) in [6.45, 7) is 7.50. The number of amides is 1. The van der Waals surface area contributed by atoms with E-state index < -0.39 is 0 Å². The molecular weight excluding hydrogens is 332 g/mol. The molecule has 21 heavy (non-hydrogen) atoms. The molecule has 0 aliphatic heterocycles. The molecule has 4 nitrogen and oxygen atoms in total. The van der Waals surface area contributed by atoms with E-state index in [-0.39, 0.29) is 17.7 Å². The summed E-state index contributed by atoms with van der Waals surface area (Å²) in [5.74, 6) is 0.801. The van der Waals surface area contributed by atoms with Crippen molar-refractivity contribution in [3.63, 3.8) is 0 Å². The normalized spacial score (nSPS) is 12.4. The maximum absolute atomic E-state index is 11.7. The van der Waals surface area contributed by atoms with E-state index >= 15 is 0 Å². The number of carbonyl (C=O) groups is 1. The zero-order chi connectivity index (χ0) is 15.8. The van der Waals surface area contributed by atoms with E-state index in [0.29, 0.717) is 25.4 Å². The van der Waals surface area contributed by atoms with Crippen molar-refractivity contribution < 1.29 is 9.90 Å². The van der Waals surface area contributed by atoms with Crippen LogP contribution in [0.3, 0.4) is 0 Å². The number of rotatable bonds is 8. The number of aromatic hydroxyl groups is 1. The Labute approximate surface area is 135 Å². The molecule has 0 bridgehead atoms. The minimum atomic E-state index is 0.0420. The van der Waals surface area contributed by atoms with Gasteiger partial charge in [-0.3, -0.25) is 4.79 Å². The molecule has 1 rings (SSSR count). The van der Waals surface area contributed by atoms with Gasteiger partial charge >= 0.3 is 0 Å². The molecule has 1 atom stereocenters. The average Bonchev–Trinajstić information content (AvgIpc) is 2.44. The lowest BCUT2D eigenvalue weighted by Gasteiger charge is -2.19. The molecule has 0 aliphatic rings. The Morgan fingerprint density at radius 3 is 2.71 bits per heavy atom. The van der Waals surface area contributed by atoms with Crippen LogP contribution >= 0.6 is 15.9 Å². The largest absolute Gasteiger partial charge is 0.508 e. The van der Waals surface area contributed by atoms with Crippen LogP contribution in [0.15, 0.2) is 22.7 Å². The van der Waals surface area contributed by atoms with Crippen molar-refractivity contribution in [1.29, 1.82) is 0 Å². The van der Waals surface area contributed by atoms with Gasteiger partial charge < -0.3 is 15.7 Å². The monoisotopic (exact) mass is 356 g/mol. The highest BCUT2D eigenvalue weighted by Gasteiger charge is 2.14. The number of halogens is 1. The van der Waals surface area contributed by atoms with E-state index in [1.165, 1.54) is 0 Å². The summed E-state index contributed by atoms with van der Waals surface area (Å²) in [7, 11) is 0. The summed E-state index contributed by atoms with van der Waals surface area (Å²) in [5, 5.41) is 16.2. The SMILES string of the molecule is CCC(NCCC(=O)NCC(C)C)c1cc(Br)ccc1O. The third kappa shape index (κ3) is 6.48. The lowest BCUT2D eigenvalue weighted by molar-refractivity contribution is -0.121. The molecule has 0 heterocycles. The predicted octanol–water partition coefficient (Wildman–Crippen LogP) is 3.36. The second-order valence-corrected chi connectivity index (χ2v) is 6.48. The Morgan fingerprint density at radius 2 is 2.10 bits per heavy atom. The van der Waals surface area contributed by atoms with E-state index in [2.05, 4.69) is 47.3 Å².